The number of hydrogen-bond donors (Lipinski definition) is 1. The molecule has 0 aliphatic carbocycles. The summed E-state index contributed by atoms with van der Waals surface area (Å²) in [5.74, 6) is 0.543. The van der Waals surface area contributed by atoms with Crippen molar-refractivity contribution in [2.24, 2.45) is 5.92 Å². The Kier molecular flexibility index (Phi) is 7.34. The van der Waals surface area contributed by atoms with E-state index in [1.807, 2.05) is 43.3 Å². The molecule has 29 heavy (non-hydrogen) atoms. The molecule has 0 spiro atoms. The quantitative estimate of drug-likeness (QED) is 0.418. The molecule has 1 N–H and O–H groups in total. The van der Waals surface area contributed by atoms with E-state index in [1.54, 1.807) is 22.9 Å². The van der Waals surface area contributed by atoms with Crippen molar-refractivity contribution < 1.29 is 4.79 Å². The first kappa shape index (κ1) is 21.4. The number of rotatable bonds is 8. The Morgan fingerprint density at radius 1 is 1.10 bits per heavy atom. The average molecular weight is 430 g/mol. The topological polar surface area (TPSA) is 46.9 Å². The molecular weight excluding hydrogens is 405 g/mol. The first-order valence-electron chi connectivity index (χ1n) is 9.95. The van der Waals surface area contributed by atoms with Gasteiger partial charge in [-0.25, -0.2) is 4.68 Å². The average Bonchev–Trinajstić information content (AvgIpc) is 3.14. The number of carbonyl (C=O) groups excluding carboxylic acids is 1. The van der Waals surface area contributed by atoms with Gasteiger partial charge in [-0.15, -0.1) is 0 Å². The number of hydrogen-bond acceptors (Lipinski definition) is 2. The molecule has 4 nitrogen and oxygen atoms in total. The zero-order chi connectivity index (χ0) is 20.8. The fourth-order valence-corrected chi connectivity index (χ4v) is 3.62. The number of amides is 1. The van der Waals surface area contributed by atoms with Gasteiger partial charge < -0.3 is 5.32 Å². The van der Waals surface area contributed by atoms with Crippen LogP contribution in [0.15, 0.2) is 54.6 Å². The van der Waals surface area contributed by atoms with Crippen molar-refractivity contribution >= 4 is 34.9 Å². The first-order valence-corrected chi connectivity index (χ1v) is 10.7. The maximum atomic E-state index is 12.9. The maximum Gasteiger partial charge on any atom is 0.228 e. The van der Waals surface area contributed by atoms with E-state index in [2.05, 4.69) is 12.2 Å². The third kappa shape index (κ3) is 5.20. The van der Waals surface area contributed by atoms with Gasteiger partial charge in [0.25, 0.3) is 0 Å². The van der Waals surface area contributed by atoms with Gasteiger partial charge in [-0.1, -0.05) is 80.2 Å². The smallest absolute Gasteiger partial charge is 0.228 e. The molecule has 6 heteroatoms. The SMILES string of the molecule is CCCCC(CC)C(=O)Nc1cc(-c2ccccc2)nn1-c1cc(Cl)ccc1Cl. The molecule has 0 aliphatic heterocycles. The summed E-state index contributed by atoms with van der Waals surface area (Å²) in [5, 5.41) is 8.83. The van der Waals surface area contributed by atoms with E-state index in [-0.39, 0.29) is 11.8 Å². The molecule has 1 amide bonds. The molecule has 0 saturated heterocycles. The Hall–Kier alpha value is -2.30. The summed E-state index contributed by atoms with van der Waals surface area (Å²) < 4.78 is 1.65. The van der Waals surface area contributed by atoms with Gasteiger partial charge in [0.2, 0.25) is 5.91 Å². The van der Waals surface area contributed by atoms with Crippen LogP contribution in [0.4, 0.5) is 5.82 Å². The molecule has 1 aromatic heterocycles. The van der Waals surface area contributed by atoms with Crippen LogP contribution in [0.2, 0.25) is 10.0 Å². The van der Waals surface area contributed by atoms with Gasteiger partial charge in [0.1, 0.15) is 5.82 Å². The molecule has 1 unspecified atom stereocenters. The minimum absolute atomic E-state index is 0.000128. The fraction of sp³-hybridized carbons (Fsp3) is 0.304. The minimum atomic E-state index is -0.0340. The molecule has 3 aromatic rings. The zero-order valence-corrected chi connectivity index (χ0v) is 18.2. The van der Waals surface area contributed by atoms with Crippen LogP contribution in [0.3, 0.4) is 0 Å². The predicted octanol–water partition coefficient (Wildman–Crippen LogP) is 7.00. The van der Waals surface area contributed by atoms with E-state index in [0.717, 1.165) is 36.9 Å². The lowest BCUT2D eigenvalue weighted by atomic mass is 9.98. The normalized spacial score (nSPS) is 12.0. The summed E-state index contributed by atoms with van der Waals surface area (Å²) >= 11 is 12.6. The molecular formula is C23H25Cl2N3O. The summed E-state index contributed by atoms with van der Waals surface area (Å²) in [6.45, 7) is 4.17. The monoisotopic (exact) mass is 429 g/mol. The molecule has 0 fully saturated rings. The number of anilines is 1. The Bertz CT molecular complexity index is 970. The Labute approximate surface area is 181 Å². The molecule has 1 heterocycles. The van der Waals surface area contributed by atoms with Crippen LogP contribution in [0.5, 0.6) is 0 Å². The Morgan fingerprint density at radius 3 is 2.55 bits per heavy atom. The van der Waals surface area contributed by atoms with E-state index in [1.165, 1.54) is 0 Å². The number of nitrogens with zero attached hydrogens (tertiary/aromatic N) is 2. The zero-order valence-electron chi connectivity index (χ0n) is 16.7. The van der Waals surface area contributed by atoms with E-state index >= 15 is 0 Å². The van der Waals surface area contributed by atoms with Crippen LogP contribution in [-0.4, -0.2) is 15.7 Å². The van der Waals surface area contributed by atoms with Gasteiger partial charge in [-0.05, 0) is 31.0 Å². The molecule has 0 aliphatic rings. The highest BCUT2D eigenvalue weighted by Crippen LogP contribution is 2.30. The maximum absolute atomic E-state index is 12.9. The van der Waals surface area contributed by atoms with Gasteiger partial charge in [0.05, 0.1) is 16.4 Å². The molecule has 1 atom stereocenters. The van der Waals surface area contributed by atoms with E-state index in [9.17, 15) is 4.79 Å². The van der Waals surface area contributed by atoms with Crippen molar-refractivity contribution in [2.75, 3.05) is 5.32 Å². The third-order valence-corrected chi connectivity index (χ3v) is 5.49. The fourth-order valence-electron chi connectivity index (χ4n) is 3.25. The number of benzene rings is 2. The second kappa shape index (κ2) is 9.95. The highest BCUT2D eigenvalue weighted by molar-refractivity contribution is 6.34. The van der Waals surface area contributed by atoms with E-state index < -0.39 is 0 Å². The van der Waals surface area contributed by atoms with Crippen molar-refractivity contribution in [1.82, 2.24) is 9.78 Å². The summed E-state index contributed by atoms with van der Waals surface area (Å²) in [5.41, 5.74) is 2.33. The van der Waals surface area contributed by atoms with Crippen molar-refractivity contribution in [1.29, 1.82) is 0 Å². The van der Waals surface area contributed by atoms with Gasteiger partial charge in [-0.2, -0.15) is 5.10 Å². The van der Waals surface area contributed by atoms with Crippen molar-refractivity contribution in [3.8, 4) is 16.9 Å². The van der Waals surface area contributed by atoms with Crippen molar-refractivity contribution in [3.05, 3.63) is 64.6 Å². The number of unbranched alkanes of at least 4 members (excludes halogenated alkanes) is 1. The van der Waals surface area contributed by atoms with E-state index in [0.29, 0.717) is 21.6 Å². The van der Waals surface area contributed by atoms with Crippen LogP contribution >= 0.6 is 23.2 Å². The molecule has 0 bridgehead atoms. The van der Waals surface area contributed by atoms with Crippen LogP contribution in [0, 0.1) is 5.92 Å². The highest BCUT2D eigenvalue weighted by Gasteiger charge is 2.20. The number of halogens is 2. The van der Waals surface area contributed by atoms with Crippen molar-refractivity contribution in [2.45, 2.75) is 39.5 Å². The number of aromatic nitrogens is 2. The molecule has 152 valence electrons. The summed E-state index contributed by atoms with van der Waals surface area (Å²) in [6.07, 6.45) is 3.76. The minimum Gasteiger partial charge on any atom is -0.310 e. The van der Waals surface area contributed by atoms with E-state index in [4.69, 9.17) is 28.3 Å². The number of nitrogens with one attached hydrogen (secondary N) is 1. The lowest BCUT2D eigenvalue weighted by molar-refractivity contribution is -0.120. The summed E-state index contributed by atoms with van der Waals surface area (Å²) in [7, 11) is 0. The first-order chi connectivity index (χ1) is 14.0. The van der Waals surface area contributed by atoms with Gasteiger partial charge in [0.15, 0.2) is 0 Å². The van der Waals surface area contributed by atoms with Gasteiger partial charge >= 0.3 is 0 Å². The highest BCUT2D eigenvalue weighted by atomic mass is 35.5. The van der Waals surface area contributed by atoms with Crippen LogP contribution < -0.4 is 5.32 Å². The molecule has 0 saturated carbocycles. The predicted molar refractivity (Wildman–Crippen MR) is 121 cm³/mol. The Morgan fingerprint density at radius 2 is 1.86 bits per heavy atom. The summed E-state index contributed by atoms with van der Waals surface area (Å²) in [6, 6.07) is 16.9. The molecule has 0 radical (unpaired) electrons. The molecule has 3 rings (SSSR count). The van der Waals surface area contributed by atoms with Crippen molar-refractivity contribution in [3.63, 3.8) is 0 Å². The Balaban J connectivity index is 2.01. The second-order valence-electron chi connectivity index (χ2n) is 7.03. The van der Waals surface area contributed by atoms with Crippen LogP contribution in [0.25, 0.3) is 16.9 Å². The lowest BCUT2D eigenvalue weighted by Crippen LogP contribution is -2.23. The van der Waals surface area contributed by atoms with Gasteiger partial charge in [-0.3, -0.25) is 4.79 Å². The van der Waals surface area contributed by atoms with Crippen LogP contribution in [-0.2, 0) is 4.79 Å². The largest absolute Gasteiger partial charge is 0.310 e. The number of carbonyl (C=O) groups is 1. The van der Waals surface area contributed by atoms with Crippen LogP contribution in [0.1, 0.15) is 39.5 Å². The standard InChI is InChI=1S/C23H25Cl2N3O/c1-3-5-9-16(4-2)23(29)26-22-15-20(17-10-7-6-8-11-17)27-28(22)21-14-18(24)12-13-19(21)25/h6-8,10-16H,3-5,9H2,1-2H3,(H,26,29). The molecule has 2 aromatic carbocycles. The second-order valence-corrected chi connectivity index (χ2v) is 7.87. The lowest BCUT2D eigenvalue weighted by Gasteiger charge is -2.16. The van der Waals surface area contributed by atoms with Gasteiger partial charge in [0, 0.05) is 22.6 Å². The summed E-state index contributed by atoms with van der Waals surface area (Å²) in [4.78, 5) is 12.9. The third-order valence-electron chi connectivity index (χ3n) is 4.94.